The van der Waals surface area contributed by atoms with Gasteiger partial charge in [-0.05, 0) is 49.5 Å². The Hall–Kier alpha value is -2.28. The maximum Gasteiger partial charge on any atom is 0.269 e. The number of Topliss-reactive ketones (excluding diaryl/α,β-unsaturated/α-hetero) is 1. The minimum Gasteiger partial charge on any atom is -0.332 e. The summed E-state index contributed by atoms with van der Waals surface area (Å²) in [7, 11) is 0. The van der Waals surface area contributed by atoms with Crippen molar-refractivity contribution < 1.29 is 9.59 Å². The molecule has 0 atom stereocenters. The van der Waals surface area contributed by atoms with Crippen LogP contribution in [0.2, 0.25) is 5.02 Å². The first-order valence-electron chi connectivity index (χ1n) is 7.36. The van der Waals surface area contributed by atoms with Crippen molar-refractivity contribution in [2.24, 2.45) is 0 Å². The van der Waals surface area contributed by atoms with Crippen molar-refractivity contribution >= 4 is 67.7 Å². The zero-order chi connectivity index (χ0) is 18.0. The van der Waals surface area contributed by atoms with Gasteiger partial charge in [0.1, 0.15) is 4.88 Å². The third-order valence-electron chi connectivity index (χ3n) is 3.52. The van der Waals surface area contributed by atoms with Crippen LogP contribution in [0.3, 0.4) is 0 Å². The van der Waals surface area contributed by atoms with Gasteiger partial charge in [-0.25, -0.2) is 0 Å². The van der Waals surface area contributed by atoms with E-state index in [1.807, 2.05) is 24.3 Å². The number of rotatable bonds is 3. The Kier molecular flexibility index (Phi) is 5.13. The molecule has 1 aromatic heterocycles. The van der Waals surface area contributed by atoms with Crippen molar-refractivity contribution in [1.82, 2.24) is 5.32 Å². The molecule has 0 aliphatic carbocycles. The minimum absolute atomic E-state index is 0.0122. The lowest BCUT2D eigenvalue weighted by Gasteiger charge is -2.09. The number of halogens is 1. The molecule has 7 heteroatoms. The number of carbonyl (C=O) groups is 2. The molecule has 3 aromatic rings. The number of ketones is 1. The quantitative estimate of drug-likeness (QED) is 0.495. The molecule has 0 fully saturated rings. The highest BCUT2D eigenvalue weighted by Crippen LogP contribution is 2.34. The Labute approximate surface area is 158 Å². The summed E-state index contributed by atoms with van der Waals surface area (Å²) in [4.78, 5) is 24.1. The lowest BCUT2D eigenvalue weighted by molar-refractivity contribution is 0.0980. The zero-order valence-electron chi connectivity index (χ0n) is 13.1. The van der Waals surface area contributed by atoms with E-state index in [-0.39, 0.29) is 16.8 Å². The molecule has 2 aromatic carbocycles. The van der Waals surface area contributed by atoms with Crippen molar-refractivity contribution in [3.8, 4) is 0 Å². The maximum absolute atomic E-state index is 12.4. The molecule has 0 saturated heterocycles. The van der Waals surface area contributed by atoms with Crippen molar-refractivity contribution in [3.05, 3.63) is 64.0 Å². The van der Waals surface area contributed by atoms with Crippen LogP contribution in [0.15, 0.2) is 48.5 Å². The van der Waals surface area contributed by atoms with E-state index in [0.717, 1.165) is 10.1 Å². The standard InChI is InChI=1S/C18H13ClN2O2S2/c1-10(22)11-6-8-12(9-7-11)20-18(24)21-17(23)16-15(19)13-4-2-3-5-14(13)25-16/h2-9H,1H3,(H2,20,21,23,24). The van der Waals surface area contributed by atoms with Gasteiger partial charge < -0.3 is 5.32 Å². The second-order valence-electron chi connectivity index (χ2n) is 5.28. The van der Waals surface area contributed by atoms with E-state index in [2.05, 4.69) is 10.6 Å². The molecular formula is C18H13ClN2O2S2. The number of hydrogen-bond donors (Lipinski definition) is 2. The molecule has 3 rings (SSSR count). The van der Waals surface area contributed by atoms with E-state index in [9.17, 15) is 9.59 Å². The molecule has 0 aliphatic rings. The Morgan fingerprint density at radius 3 is 2.40 bits per heavy atom. The molecule has 0 spiro atoms. The summed E-state index contributed by atoms with van der Waals surface area (Å²) in [6.07, 6.45) is 0. The SMILES string of the molecule is CC(=O)c1ccc(NC(=S)NC(=O)c2sc3ccccc3c2Cl)cc1. The lowest BCUT2D eigenvalue weighted by atomic mass is 10.1. The normalized spacial score (nSPS) is 10.5. The van der Waals surface area contributed by atoms with E-state index in [0.29, 0.717) is 21.2 Å². The van der Waals surface area contributed by atoms with E-state index in [4.69, 9.17) is 23.8 Å². The van der Waals surface area contributed by atoms with Crippen molar-refractivity contribution in [1.29, 1.82) is 0 Å². The number of fused-ring (bicyclic) bond motifs is 1. The molecule has 1 heterocycles. The third kappa shape index (κ3) is 3.87. The average molecular weight is 389 g/mol. The fourth-order valence-electron chi connectivity index (χ4n) is 2.27. The zero-order valence-corrected chi connectivity index (χ0v) is 15.5. The highest BCUT2D eigenvalue weighted by molar-refractivity contribution is 7.80. The first kappa shape index (κ1) is 17.5. The average Bonchev–Trinajstić information content (AvgIpc) is 2.92. The Morgan fingerprint density at radius 2 is 1.76 bits per heavy atom. The van der Waals surface area contributed by atoms with Gasteiger partial charge in [0.2, 0.25) is 0 Å². The number of carbonyl (C=O) groups excluding carboxylic acids is 2. The topological polar surface area (TPSA) is 58.2 Å². The van der Waals surface area contributed by atoms with Crippen molar-refractivity contribution in [3.63, 3.8) is 0 Å². The van der Waals surface area contributed by atoms with Gasteiger partial charge in [-0.3, -0.25) is 14.9 Å². The second kappa shape index (κ2) is 7.31. The van der Waals surface area contributed by atoms with Gasteiger partial charge in [-0.15, -0.1) is 11.3 Å². The molecule has 0 radical (unpaired) electrons. The molecule has 4 nitrogen and oxygen atoms in total. The summed E-state index contributed by atoms with van der Waals surface area (Å²) in [6.45, 7) is 1.50. The largest absolute Gasteiger partial charge is 0.332 e. The van der Waals surface area contributed by atoms with E-state index < -0.39 is 0 Å². The van der Waals surface area contributed by atoms with Crippen molar-refractivity contribution in [2.45, 2.75) is 6.92 Å². The molecule has 0 aliphatic heterocycles. The molecule has 0 unspecified atom stereocenters. The van der Waals surface area contributed by atoms with Gasteiger partial charge in [0.15, 0.2) is 10.9 Å². The van der Waals surface area contributed by atoms with Gasteiger partial charge >= 0.3 is 0 Å². The summed E-state index contributed by atoms with van der Waals surface area (Å²) in [6, 6.07) is 14.4. The Morgan fingerprint density at radius 1 is 1.08 bits per heavy atom. The number of hydrogen-bond acceptors (Lipinski definition) is 4. The smallest absolute Gasteiger partial charge is 0.269 e. The van der Waals surface area contributed by atoms with Crippen LogP contribution in [0.5, 0.6) is 0 Å². The predicted molar refractivity (Wildman–Crippen MR) is 107 cm³/mol. The van der Waals surface area contributed by atoms with E-state index in [1.165, 1.54) is 18.3 Å². The summed E-state index contributed by atoms with van der Waals surface area (Å²) < 4.78 is 0.941. The van der Waals surface area contributed by atoms with Gasteiger partial charge in [0.05, 0.1) is 5.02 Å². The van der Waals surface area contributed by atoms with Crippen LogP contribution in [0.1, 0.15) is 27.0 Å². The monoisotopic (exact) mass is 388 g/mol. The summed E-state index contributed by atoms with van der Waals surface area (Å²) in [5.74, 6) is -0.370. The highest BCUT2D eigenvalue weighted by atomic mass is 35.5. The number of benzene rings is 2. The number of thiophene rings is 1. The first-order chi connectivity index (χ1) is 12.0. The van der Waals surface area contributed by atoms with Crippen molar-refractivity contribution in [2.75, 3.05) is 5.32 Å². The van der Waals surface area contributed by atoms with E-state index >= 15 is 0 Å². The van der Waals surface area contributed by atoms with Crippen LogP contribution in [0, 0.1) is 0 Å². The molecule has 0 bridgehead atoms. The molecule has 2 N–H and O–H groups in total. The van der Waals surface area contributed by atoms with Crippen LogP contribution in [-0.4, -0.2) is 16.8 Å². The van der Waals surface area contributed by atoms with Gasteiger partial charge in [-0.1, -0.05) is 29.8 Å². The van der Waals surface area contributed by atoms with Gasteiger partial charge in [-0.2, -0.15) is 0 Å². The predicted octanol–water partition coefficient (Wildman–Crippen LogP) is 4.88. The van der Waals surface area contributed by atoms with Gasteiger partial charge in [0, 0.05) is 21.3 Å². The fraction of sp³-hybridized carbons (Fsp3) is 0.0556. The fourth-order valence-corrected chi connectivity index (χ4v) is 3.89. The maximum atomic E-state index is 12.4. The number of thiocarbonyl (C=S) groups is 1. The second-order valence-corrected chi connectivity index (χ2v) is 7.12. The summed E-state index contributed by atoms with van der Waals surface area (Å²) in [5, 5.41) is 6.97. The van der Waals surface area contributed by atoms with Crippen LogP contribution in [-0.2, 0) is 0 Å². The summed E-state index contributed by atoms with van der Waals surface area (Å²) >= 11 is 12.8. The molecule has 0 saturated carbocycles. The third-order valence-corrected chi connectivity index (χ3v) is 5.40. The Bertz CT molecular complexity index is 980. The van der Waals surface area contributed by atoms with Crippen LogP contribution in [0.4, 0.5) is 5.69 Å². The molecule has 25 heavy (non-hydrogen) atoms. The first-order valence-corrected chi connectivity index (χ1v) is 8.96. The lowest BCUT2D eigenvalue weighted by Crippen LogP contribution is -2.33. The molecule has 1 amide bonds. The van der Waals surface area contributed by atoms with Gasteiger partial charge in [0.25, 0.3) is 5.91 Å². The van der Waals surface area contributed by atoms with Crippen LogP contribution < -0.4 is 10.6 Å². The molecular weight excluding hydrogens is 376 g/mol. The number of anilines is 1. The number of nitrogens with one attached hydrogen (secondary N) is 2. The number of amides is 1. The van der Waals surface area contributed by atoms with E-state index in [1.54, 1.807) is 24.3 Å². The summed E-state index contributed by atoms with van der Waals surface area (Å²) in [5.41, 5.74) is 1.29. The van der Waals surface area contributed by atoms with Crippen LogP contribution >= 0.6 is 35.2 Å². The molecule has 126 valence electrons. The highest BCUT2D eigenvalue weighted by Gasteiger charge is 2.17. The van der Waals surface area contributed by atoms with Crippen LogP contribution in [0.25, 0.3) is 10.1 Å². The minimum atomic E-state index is -0.357. The Balaban J connectivity index is 1.70.